The van der Waals surface area contributed by atoms with E-state index in [0.29, 0.717) is 18.8 Å². The third kappa shape index (κ3) is 3.12. The lowest BCUT2D eigenvalue weighted by atomic mass is 10.1. The molecule has 0 unspecified atom stereocenters. The van der Waals surface area contributed by atoms with Crippen molar-refractivity contribution in [3.8, 4) is 11.4 Å². The number of H-pyrrole nitrogens is 1. The van der Waals surface area contributed by atoms with Crippen LogP contribution in [0.4, 0.5) is 0 Å². The monoisotopic (exact) mass is 298 g/mol. The SMILES string of the molecule is NCc1ccc(-c2n[nH]c(Cc3ccccc3Cl)n2)cc1. The quantitative estimate of drug-likeness (QED) is 0.777. The van der Waals surface area contributed by atoms with Gasteiger partial charge >= 0.3 is 0 Å². The molecule has 106 valence electrons. The Morgan fingerprint density at radius 3 is 2.52 bits per heavy atom. The number of nitrogens with one attached hydrogen (secondary N) is 1. The Morgan fingerprint density at radius 1 is 1.05 bits per heavy atom. The van der Waals surface area contributed by atoms with Crippen LogP contribution in [0.1, 0.15) is 17.0 Å². The molecule has 1 aromatic heterocycles. The molecule has 0 aliphatic heterocycles. The highest BCUT2D eigenvalue weighted by atomic mass is 35.5. The fourth-order valence-electron chi connectivity index (χ4n) is 2.12. The van der Waals surface area contributed by atoms with Crippen molar-refractivity contribution in [3.63, 3.8) is 0 Å². The van der Waals surface area contributed by atoms with Gasteiger partial charge < -0.3 is 5.73 Å². The van der Waals surface area contributed by atoms with Crippen molar-refractivity contribution in [3.05, 3.63) is 70.5 Å². The second-order valence-corrected chi connectivity index (χ2v) is 5.18. The summed E-state index contributed by atoms with van der Waals surface area (Å²) in [4.78, 5) is 4.52. The first-order chi connectivity index (χ1) is 10.3. The Bertz CT molecular complexity index is 734. The summed E-state index contributed by atoms with van der Waals surface area (Å²) in [6, 6.07) is 15.7. The van der Waals surface area contributed by atoms with Gasteiger partial charge in [-0.2, -0.15) is 5.10 Å². The second kappa shape index (κ2) is 6.08. The summed E-state index contributed by atoms with van der Waals surface area (Å²) in [7, 11) is 0. The molecule has 3 rings (SSSR count). The highest BCUT2D eigenvalue weighted by Crippen LogP contribution is 2.19. The van der Waals surface area contributed by atoms with Gasteiger partial charge in [-0.1, -0.05) is 54.1 Å². The molecule has 0 amide bonds. The average molecular weight is 299 g/mol. The van der Waals surface area contributed by atoms with Gasteiger partial charge in [0.1, 0.15) is 5.82 Å². The van der Waals surface area contributed by atoms with Crippen LogP contribution in [0.5, 0.6) is 0 Å². The van der Waals surface area contributed by atoms with Crippen LogP contribution in [-0.4, -0.2) is 15.2 Å². The molecular weight excluding hydrogens is 284 g/mol. The molecule has 3 aromatic rings. The normalized spacial score (nSPS) is 10.8. The summed E-state index contributed by atoms with van der Waals surface area (Å²) >= 11 is 6.16. The van der Waals surface area contributed by atoms with Crippen LogP contribution in [0.25, 0.3) is 11.4 Å². The van der Waals surface area contributed by atoms with Gasteiger partial charge in [0.05, 0.1) is 0 Å². The molecule has 0 aliphatic carbocycles. The van der Waals surface area contributed by atoms with E-state index in [1.807, 2.05) is 48.5 Å². The van der Waals surface area contributed by atoms with Crippen molar-refractivity contribution in [1.82, 2.24) is 15.2 Å². The minimum atomic E-state index is 0.534. The van der Waals surface area contributed by atoms with Crippen molar-refractivity contribution < 1.29 is 0 Å². The summed E-state index contributed by atoms with van der Waals surface area (Å²) in [5, 5.41) is 7.96. The van der Waals surface area contributed by atoms with Gasteiger partial charge in [0.25, 0.3) is 0 Å². The number of rotatable bonds is 4. The minimum absolute atomic E-state index is 0.534. The number of hydrogen-bond donors (Lipinski definition) is 2. The number of halogens is 1. The Balaban J connectivity index is 1.81. The van der Waals surface area contributed by atoms with Crippen LogP contribution < -0.4 is 5.73 Å². The molecule has 0 fully saturated rings. The van der Waals surface area contributed by atoms with E-state index in [-0.39, 0.29) is 0 Å². The minimum Gasteiger partial charge on any atom is -0.326 e. The van der Waals surface area contributed by atoms with E-state index in [1.54, 1.807) is 0 Å². The van der Waals surface area contributed by atoms with E-state index in [1.165, 1.54) is 0 Å². The van der Waals surface area contributed by atoms with E-state index in [2.05, 4.69) is 15.2 Å². The number of hydrogen-bond acceptors (Lipinski definition) is 3. The zero-order chi connectivity index (χ0) is 14.7. The van der Waals surface area contributed by atoms with E-state index in [0.717, 1.165) is 27.5 Å². The summed E-state index contributed by atoms with van der Waals surface area (Å²) in [6.45, 7) is 0.534. The first kappa shape index (κ1) is 13.8. The first-order valence-corrected chi connectivity index (χ1v) is 7.08. The molecule has 0 saturated carbocycles. The zero-order valence-electron chi connectivity index (χ0n) is 11.4. The van der Waals surface area contributed by atoms with E-state index in [9.17, 15) is 0 Å². The molecule has 21 heavy (non-hydrogen) atoms. The van der Waals surface area contributed by atoms with E-state index >= 15 is 0 Å². The maximum atomic E-state index is 6.16. The van der Waals surface area contributed by atoms with Gasteiger partial charge in [-0.05, 0) is 17.2 Å². The van der Waals surface area contributed by atoms with Gasteiger partial charge in [0.15, 0.2) is 5.82 Å². The molecule has 4 nitrogen and oxygen atoms in total. The standard InChI is InChI=1S/C16H15ClN4/c17-14-4-2-1-3-13(14)9-15-19-16(21-20-15)12-7-5-11(10-18)6-8-12/h1-8H,9-10,18H2,(H,19,20,21). The van der Waals surface area contributed by atoms with Crippen molar-refractivity contribution in [2.24, 2.45) is 5.73 Å². The molecule has 5 heteroatoms. The Morgan fingerprint density at radius 2 is 1.81 bits per heavy atom. The van der Waals surface area contributed by atoms with Gasteiger partial charge in [-0.15, -0.1) is 0 Å². The fourth-order valence-corrected chi connectivity index (χ4v) is 2.32. The van der Waals surface area contributed by atoms with Crippen molar-refractivity contribution >= 4 is 11.6 Å². The van der Waals surface area contributed by atoms with Crippen LogP contribution in [0.2, 0.25) is 5.02 Å². The predicted molar refractivity (Wildman–Crippen MR) is 84.0 cm³/mol. The molecule has 1 heterocycles. The Kier molecular flexibility index (Phi) is 3.99. The molecule has 0 aliphatic rings. The number of aromatic amines is 1. The summed E-state index contributed by atoms with van der Waals surface area (Å²) in [5.74, 6) is 1.47. The Hall–Kier alpha value is -2.17. The Labute approximate surface area is 128 Å². The third-order valence-electron chi connectivity index (χ3n) is 3.30. The zero-order valence-corrected chi connectivity index (χ0v) is 12.1. The molecular formula is C16H15ClN4. The highest BCUT2D eigenvalue weighted by molar-refractivity contribution is 6.31. The lowest BCUT2D eigenvalue weighted by molar-refractivity contribution is 0.973. The van der Waals surface area contributed by atoms with Crippen molar-refractivity contribution in [2.45, 2.75) is 13.0 Å². The molecule has 3 N–H and O–H groups in total. The van der Waals surface area contributed by atoms with Crippen LogP contribution in [0.15, 0.2) is 48.5 Å². The number of benzene rings is 2. The van der Waals surface area contributed by atoms with Crippen LogP contribution in [-0.2, 0) is 13.0 Å². The summed E-state index contributed by atoms with van der Waals surface area (Å²) in [5.41, 5.74) is 8.68. The fraction of sp³-hybridized carbons (Fsp3) is 0.125. The van der Waals surface area contributed by atoms with Gasteiger partial charge in [0.2, 0.25) is 0 Å². The van der Waals surface area contributed by atoms with Gasteiger partial charge in [-0.25, -0.2) is 4.98 Å². The van der Waals surface area contributed by atoms with Gasteiger partial charge in [-0.3, -0.25) is 5.10 Å². The second-order valence-electron chi connectivity index (χ2n) is 4.77. The lowest BCUT2D eigenvalue weighted by Gasteiger charge is -2.00. The molecule has 2 aromatic carbocycles. The number of nitrogens with zero attached hydrogens (tertiary/aromatic N) is 2. The molecule has 0 spiro atoms. The number of aromatic nitrogens is 3. The lowest BCUT2D eigenvalue weighted by Crippen LogP contribution is -1.95. The molecule has 0 radical (unpaired) electrons. The largest absolute Gasteiger partial charge is 0.326 e. The van der Waals surface area contributed by atoms with Crippen LogP contribution >= 0.6 is 11.6 Å². The molecule has 0 atom stereocenters. The van der Waals surface area contributed by atoms with Crippen LogP contribution in [0, 0.1) is 0 Å². The maximum absolute atomic E-state index is 6.16. The highest BCUT2D eigenvalue weighted by Gasteiger charge is 2.08. The topological polar surface area (TPSA) is 67.6 Å². The van der Waals surface area contributed by atoms with Crippen molar-refractivity contribution in [2.75, 3.05) is 0 Å². The van der Waals surface area contributed by atoms with Gasteiger partial charge in [0, 0.05) is 23.6 Å². The van der Waals surface area contributed by atoms with Crippen molar-refractivity contribution in [1.29, 1.82) is 0 Å². The summed E-state index contributed by atoms with van der Waals surface area (Å²) < 4.78 is 0. The number of nitrogens with two attached hydrogens (primary N) is 1. The maximum Gasteiger partial charge on any atom is 0.181 e. The molecule has 0 saturated heterocycles. The van der Waals surface area contributed by atoms with E-state index in [4.69, 9.17) is 17.3 Å². The van der Waals surface area contributed by atoms with Crippen LogP contribution in [0.3, 0.4) is 0 Å². The summed E-state index contributed by atoms with van der Waals surface area (Å²) in [6.07, 6.45) is 0.632. The molecule has 0 bridgehead atoms. The first-order valence-electron chi connectivity index (χ1n) is 6.70. The van der Waals surface area contributed by atoms with E-state index < -0.39 is 0 Å². The predicted octanol–water partition coefficient (Wildman–Crippen LogP) is 3.17. The average Bonchev–Trinajstić information content (AvgIpc) is 2.98. The smallest absolute Gasteiger partial charge is 0.181 e. The third-order valence-corrected chi connectivity index (χ3v) is 3.66.